The van der Waals surface area contributed by atoms with Gasteiger partial charge in [-0.2, -0.15) is 0 Å². The standard InChI is InChI=1S/C19H22N2O/c1-2-19-13-20-11-9-14(19)7-8-18(22-19)16-10-12-21-17-6-4-3-5-15(16)17/h3-6,8,10,12,14,20H,2,7,9,11,13H2,1H3/t14-,19+/m0/s1. The normalized spacial score (nSPS) is 27.9. The molecule has 2 aliphatic rings. The monoisotopic (exact) mass is 294 g/mol. The lowest BCUT2D eigenvalue weighted by atomic mass is 9.76. The van der Waals surface area contributed by atoms with Gasteiger partial charge in [-0.3, -0.25) is 4.98 Å². The molecule has 1 aromatic heterocycles. The summed E-state index contributed by atoms with van der Waals surface area (Å²) >= 11 is 0. The lowest BCUT2D eigenvalue weighted by molar-refractivity contribution is -0.0462. The number of fused-ring (bicyclic) bond motifs is 2. The maximum absolute atomic E-state index is 6.59. The number of allylic oxidation sites excluding steroid dienone is 1. The number of nitrogens with one attached hydrogen (secondary N) is 1. The second-order valence-electron chi connectivity index (χ2n) is 6.36. The molecular weight excluding hydrogens is 272 g/mol. The van der Waals surface area contributed by atoms with Gasteiger partial charge >= 0.3 is 0 Å². The van der Waals surface area contributed by atoms with Gasteiger partial charge in [0, 0.05) is 29.6 Å². The minimum atomic E-state index is -0.0489. The highest BCUT2D eigenvalue weighted by atomic mass is 16.5. The summed E-state index contributed by atoms with van der Waals surface area (Å²) in [5.74, 6) is 1.66. The molecule has 3 heterocycles. The molecule has 0 unspecified atom stereocenters. The lowest BCUT2D eigenvalue weighted by Crippen LogP contribution is -2.54. The van der Waals surface area contributed by atoms with Crippen LogP contribution in [0.2, 0.25) is 0 Å². The van der Waals surface area contributed by atoms with Crippen molar-refractivity contribution in [3.05, 3.63) is 48.2 Å². The number of benzene rings is 1. The Morgan fingerprint density at radius 3 is 3.14 bits per heavy atom. The summed E-state index contributed by atoms with van der Waals surface area (Å²) < 4.78 is 6.59. The van der Waals surface area contributed by atoms with E-state index in [1.807, 2.05) is 12.3 Å². The number of para-hydroxylation sites is 1. The van der Waals surface area contributed by atoms with E-state index >= 15 is 0 Å². The van der Waals surface area contributed by atoms with E-state index in [2.05, 4.69) is 47.6 Å². The zero-order valence-corrected chi connectivity index (χ0v) is 13.0. The van der Waals surface area contributed by atoms with Gasteiger partial charge in [-0.05, 0) is 44.0 Å². The summed E-state index contributed by atoms with van der Waals surface area (Å²) in [5, 5.41) is 4.69. The average molecular weight is 294 g/mol. The molecule has 1 fully saturated rings. The van der Waals surface area contributed by atoms with Gasteiger partial charge in [-0.15, -0.1) is 0 Å². The molecule has 1 saturated heterocycles. The molecule has 0 bridgehead atoms. The Labute approximate surface area is 131 Å². The van der Waals surface area contributed by atoms with Crippen LogP contribution < -0.4 is 5.32 Å². The number of ether oxygens (including phenoxy) is 1. The third kappa shape index (κ3) is 2.12. The Bertz CT molecular complexity index is 719. The van der Waals surface area contributed by atoms with Crippen molar-refractivity contribution in [3.8, 4) is 0 Å². The van der Waals surface area contributed by atoms with E-state index in [0.717, 1.165) is 37.2 Å². The van der Waals surface area contributed by atoms with Gasteiger partial charge in [0.1, 0.15) is 11.4 Å². The maximum atomic E-state index is 6.59. The summed E-state index contributed by atoms with van der Waals surface area (Å²) in [4.78, 5) is 4.46. The van der Waals surface area contributed by atoms with E-state index in [-0.39, 0.29) is 5.60 Å². The summed E-state index contributed by atoms with van der Waals surface area (Å²) in [6.07, 6.45) is 7.53. The van der Waals surface area contributed by atoms with Gasteiger partial charge in [0.05, 0.1) is 5.52 Å². The molecule has 3 nitrogen and oxygen atoms in total. The van der Waals surface area contributed by atoms with Gasteiger partial charge in [-0.25, -0.2) is 0 Å². The van der Waals surface area contributed by atoms with Crippen LogP contribution in [0.3, 0.4) is 0 Å². The fourth-order valence-corrected chi connectivity index (χ4v) is 3.91. The molecule has 2 atom stereocenters. The van der Waals surface area contributed by atoms with E-state index in [9.17, 15) is 0 Å². The minimum Gasteiger partial charge on any atom is -0.485 e. The smallest absolute Gasteiger partial charge is 0.124 e. The molecular formula is C19H22N2O. The first kappa shape index (κ1) is 13.8. The Hall–Kier alpha value is -1.87. The van der Waals surface area contributed by atoms with Crippen LogP contribution in [-0.2, 0) is 4.74 Å². The topological polar surface area (TPSA) is 34.2 Å². The molecule has 0 saturated carbocycles. The zero-order valence-electron chi connectivity index (χ0n) is 13.0. The van der Waals surface area contributed by atoms with Crippen LogP contribution in [0.25, 0.3) is 16.7 Å². The van der Waals surface area contributed by atoms with Crippen LogP contribution in [0.1, 0.15) is 31.7 Å². The molecule has 4 rings (SSSR count). The second kappa shape index (κ2) is 5.40. The number of nitrogens with zero attached hydrogens (tertiary/aromatic N) is 1. The first-order valence-corrected chi connectivity index (χ1v) is 8.26. The van der Waals surface area contributed by atoms with E-state index < -0.39 is 0 Å². The van der Waals surface area contributed by atoms with Gasteiger partial charge in [0.25, 0.3) is 0 Å². The highest BCUT2D eigenvalue weighted by Crippen LogP contribution is 2.42. The van der Waals surface area contributed by atoms with Crippen molar-refractivity contribution in [3.63, 3.8) is 0 Å². The van der Waals surface area contributed by atoms with Crippen LogP contribution in [0.15, 0.2) is 42.6 Å². The average Bonchev–Trinajstić information content (AvgIpc) is 2.60. The van der Waals surface area contributed by atoms with Crippen molar-refractivity contribution < 1.29 is 4.74 Å². The predicted octanol–water partition coefficient (Wildman–Crippen LogP) is 3.75. The highest BCUT2D eigenvalue weighted by Gasteiger charge is 2.43. The summed E-state index contributed by atoms with van der Waals surface area (Å²) in [7, 11) is 0. The molecule has 0 radical (unpaired) electrons. The summed E-state index contributed by atoms with van der Waals surface area (Å²) in [5.41, 5.74) is 2.15. The second-order valence-corrected chi connectivity index (χ2v) is 6.36. The molecule has 0 aliphatic carbocycles. The van der Waals surface area contributed by atoms with Crippen molar-refractivity contribution in [2.45, 2.75) is 31.8 Å². The van der Waals surface area contributed by atoms with E-state index in [0.29, 0.717) is 5.92 Å². The molecule has 0 amide bonds. The molecule has 1 N–H and O–H groups in total. The number of pyridine rings is 1. The van der Waals surface area contributed by atoms with Crippen molar-refractivity contribution >= 4 is 16.7 Å². The van der Waals surface area contributed by atoms with Gasteiger partial charge < -0.3 is 10.1 Å². The zero-order chi connectivity index (χ0) is 15.0. The molecule has 0 spiro atoms. The summed E-state index contributed by atoms with van der Waals surface area (Å²) in [6, 6.07) is 10.4. The number of rotatable bonds is 2. The Balaban J connectivity index is 1.77. The third-order valence-electron chi connectivity index (χ3n) is 5.25. The van der Waals surface area contributed by atoms with Crippen LogP contribution >= 0.6 is 0 Å². The van der Waals surface area contributed by atoms with Crippen molar-refractivity contribution in [1.29, 1.82) is 0 Å². The predicted molar refractivity (Wildman–Crippen MR) is 89.4 cm³/mol. The molecule has 3 heteroatoms. The molecule has 114 valence electrons. The third-order valence-corrected chi connectivity index (χ3v) is 5.25. The van der Waals surface area contributed by atoms with E-state index in [4.69, 9.17) is 4.74 Å². The highest BCUT2D eigenvalue weighted by molar-refractivity contribution is 5.90. The lowest BCUT2D eigenvalue weighted by Gasteiger charge is -2.47. The molecule has 22 heavy (non-hydrogen) atoms. The quantitative estimate of drug-likeness (QED) is 0.916. The molecule has 1 aromatic carbocycles. The van der Waals surface area contributed by atoms with Gasteiger partial charge in [0.15, 0.2) is 0 Å². The number of piperidine rings is 1. The maximum Gasteiger partial charge on any atom is 0.124 e. The number of aromatic nitrogens is 1. The van der Waals surface area contributed by atoms with Crippen LogP contribution in [0.4, 0.5) is 0 Å². The van der Waals surface area contributed by atoms with Crippen molar-refractivity contribution in [2.24, 2.45) is 5.92 Å². The van der Waals surface area contributed by atoms with Crippen LogP contribution in [-0.4, -0.2) is 23.7 Å². The fourth-order valence-electron chi connectivity index (χ4n) is 3.91. The van der Waals surface area contributed by atoms with E-state index in [1.165, 1.54) is 17.4 Å². The SMILES string of the molecule is CC[C@@]12CNCC[C@@H]1CC=C(c1ccnc3ccccc13)O2. The Kier molecular flexibility index (Phi) is 3.38. The minimum absolute atomic E-state index is 0.0489. The molecule has 2 aliphatic heterocycles. The largest absolute Gasteiger partial charge is 0.485 e. The first-order chi connectivity index (χ1) is 10.8. The van der Waals surface area contributed by atoms with Crippen molar-refractivity contribution in [1.82, 2.24) is 10.3 Å². The van der Waals surface area contributed by atoms with Crippen LogP contribution in [0, 0.1) is 5.92 Å². The Morgan fingerprint density at radius 1 is 1.32 bits per heavy atom. The van der Waals surface area contributed by atoms with Crippen molar-refractivity contribution in [2.75, 3.05) is 13.1 Å². The van der Waals surface area contributed by atoms with E-state index in [1.54, 1.807) is 0 Å². The van der Waals surface area contributed by atoms with Crippen LogP contribution in [0.5, 0.6) is 0 Å². The van der Waals surface area contributed by atoms with Gasteiger partial charge in [-0.1, -0.05) is 25.1 Å². The summed E-state index contributed by atoms with van der Waals surface area (Å²) in [6.45, 7) is 4.30. The first-order valence-electron chi connectivity index (χ1n) is 8.26. The number of hydrogen-bond acceptors (Lipinski definition) is 3. The van der Waals surface area contributed by atoms with Gasteiger partial charge in [0.2, 0.25) is 0 Å². The fraction of sp³-hybridized carbons (Fsp3) is 0.421. The number of hydrogen-bond donors (Lipinski definition) is 1. The Morgan fingerprint density at radius 2 is 2.23 bits per heavy atom. The molecule has 2 aromatic rings.